The summed E-state index contributed by atoms with van der Waals surface area (Å²) < 4.78 is 40.1. The number of anilines is 1. The second kappa shape index (κ2) is 5.90. The molecule has 1 fully saturated rings. The Hall–Kier alpha value is -2.19. The van der Waals surface area contributed by atoms with Crippen LogP contribution in [0.5, 0.6) is 0 Å². The van der Waals surface area contributed by atoms with E-state index >= 15 is 0 Å². The van der Waals surface area contributed by atoms with Gasteiger partial charge >= 0.3 is 6.18 Å². The number of hydrogen-bond donors (Lipinski definition) is 0. The Labute approximate surface area is 125 Å². The maximum Gasteiger partial charge on any atom is 0.433 e. The summed E-state index contributed by atoms with van der Waals surface area (Å²) in [5.74, 6) is 0.125. The molecule has 6 nitrogen and oxygen atoms in total. The van der Waals surface area contributed by atoms with E-state index in [1.54, 1.807) is 11.0 Å². The average molecular weight is 312 g/mol. The van der Waals surface area contributed by atoms with Gasteiger partial charge in [0.05, 0.1) is 12.6 Å². The van der Waals surface area contributed by atoms with Crippen molar-refractivity contribution in [1.29, 1.82) is 0 Å². The molecule has 0 N–H and O–H groups in total. The van der Waals surface area contributed by atoms with Crippen LogP contribution in [0.4, 0.5) is 19.1 Å². The molecule has 2 aromatic rings. The van der Waals surface area contributed by atoms with Crippen molar-refractivity contribution in [1.82, 2.24) is 24.7 Å². The monoisotopic (exact) mass is 312 g/mol. The molecule has 0 saturated carbocycles. The highest BCUT2D eigenvalue weighted by Crippen LogP contribution is 2.29. The minimum absolute atomic E-state index is 0.0129. The fourth-order valence-corrected chi connectivity index (χ4v) is 2.64. The minimum atomic E-state index is -4.46. The summed E-state index contributed by atoms with van der Waals surface area (Å²) >= 11 is 0. The van der Waals surface area contributed by atoms with E-state index in [2.05, 4.69) is 20.1 Å². The summed E-state index contributed by atoms with van der Waals surface area (Å²) in [4.78, 5) is 13.4. The van der Waals surface area contributed by atoms with Gasteiger partial charge in [0.15, 0.2) is 0 Å². The van der Waals surface area contributed by atoms with Gasteiger partial charge in [0.2, 0.25) is 5.95 Å². The van der Waals surface area contributed by atoms with Gasteiger partial charge in [-0.1, -0.05) is 0 Å². The molecule has 1 unspecified atom stereocenters. The highest BCUT2D eigenvalue weighted by molar-refractivity contribution is 5.33. The Balaban J connectivity index is 1.84. The smallest absolute Gasteiger partial charge is 0.336 e. The predicted octanol–water partition coefficient (Wildman–Crippen LogP) is 2.15. The fourth-order valence-electron chi connectivity index (χ4n) is 2.64. The molecule has 0 amide bonds. The molecule has 1 aliphatic heterocycles. The average Bonchev–Trinajstić information content (AvgIpc) is 3.00. The number of piperidine rings is 1. The lowest BCUT2D eigenvalue weighted by Crippen LogP contribution is -2.43. The third-order valence-electron chi connectivity index (χ3n) is 3.68. The molecule has 0 radical (unpaired) electrons. The van der Waals surface area contributed by atoms with Crippen LogP contribution < -0.4 is 4.90 Å². The summed E-state index contributed by atoms with van der Waals surface area (Å²) in [6.45, 7) is 1.19. The highest BCUT2D eigenvalue weighted by Gasteiger charge is 2.34. The van der Waals surface area contributed by atoms with Gasteiger partial charge in [0.1, 0.15) is 18.3 Å². The maximum absolute atomic E-state index is 12.8. The standard InChI is InChI=1S/C13H15F3N6/c14-13(15,16)11-4-5-18-12(20-11)22-6-2-1-3-10(22)7-21-9-17-8-19-21/h4-5,8-10H,1-3,6-7H2. The van der Waals surface area contributed by atoms with Gasteiger partial charge in [-0.25, -0.2) is 15.0 Å². The van der Waals surface area contributed by atoms with Crippen LogP contribution in [0.15, 0.2) is 24.9 Å². The maximum atomic E-state index is 12.8. The lowest BCUT2D eigenvalue weighted by atomic mass is 10.0. The lowest BCUT2D eigenvalue weighted by molar-refractivity contribution is -0.141. The molecule has 3 rings (SSSR count). The van der Waals surface area contributed by atoms with Crippen molar-refractivity contribution in [2.24, 2.45) is 0 Å². The summed E-state index contributed by atoms with van der Waals surface area (Å²) in [5.41, 5.74) is -0.914. The van der Waals surface area contributed by atoms with Crippen molar-refractivity contribution in [3.8, 4) is 0 Å². The number of alkyl halides is 3. The lowest BCUT2D eigenvalue weighted by Gasteiger charge is -2.35. The van der Waals surface area contributed by atoms with E-state index in [1.165, 1.54) is 6.33 Å². The molecule has 0 bridgehead atoms. The first-order valence-electron chi connectivity index (χ1n) is 7.03. The van der Waals surface area contributed by atoms with Crippen LogP contribution in [0, 0.1) is 0 Å². The van der Waals surface area contributed by atoms with Crippen LogP contribution in [-0.2, 0) is 12.7 Å². The van der Waals surface area contributed by atoms with E-state index in [1.807, 2.05) is 4.90 Å². The molecular weight excluding hydrogens is 297 g/mol. The van der Waals surface area contributed by atoms with E-state index in [4.69, 9.17) is 0 Å². The number of halogens is 3. The third kappa shape index (κ3) is 3.18. The van der Waals surface area contributed by atoms with Crippen molar-refractivity contribution in [2.45, 2.75) is 38.0 Å². The number of hydrogen-bond acceptors (Lipinski definition) is 5. The first kappa shape index (κ1) is 14.7. The SMILES string of the molecule is FC(F)(F)c1ccnc(N2CCCCC2Cn2cncn2)n1. The van der Waals surface area contributed by atoms with Gasteiger partial charge in [-0.2, -0.15) is 18.3 Å². The second-order valence-electron chi connectivity index (χ2n) is 5.20. The van der Waals surface area contributed by atoms with E-state index < -0.39 is 11.9 Å². The van der Waals surface area contributed by atoms with Gasteiger partial charge in [-0.3, -0.25) is 4.68 Å². The van der Waals surface area contributed by atoms with Crippen molar-refractivity contribution < 1.29 is 13.2 Å². The molecule has 9 heteroatoms. The number of rotatable bonds is 3. The Morgan fingerprint density at radius 2 is 2.14 bits per heavy atom. The van der Waals surface area contributed by atoms with E-state index in [-0.39, 0.29) is 12.0 Å². The minimum Gasteiger partial charge on any atom is -0.336 e. The van der Waals surface area contributed by atoms with Crippen LogP contribution in [0.1, 0.15) is 25.0 Å². The zero-order valence-electron chi connectivity index (χ0n) is 11.7. The molecule has 0 aromatic carbocycles. The second-order valence-corrected chi connectivity index (χ2v) is 5.20. The molecule has 1 atom stereocenters. The zero-order chi connectivity index (χ0) is 15.6. The number of nitrogens with zero attached hydrogens (tertiary/aromatic N) is 6. The van der Waals surface area contributed by atoms with E-state index in [9.17, 15) is 13.2 Å². The Morgan fingerprint density at radius 1 is 1.27 bits per heavy atom. The summed E-state index contributed by atoms with van der Waals surface area (Å²) in [5, 5.41) is 4.05. The van der Waals surface area contributed by atoms with Crippen molar-refractivity contribution in [2.75, 3.05) is 11.4 Å². The van der Waals surface area contributed by atoms with Gasteiger partial charge in [-0.15, -0.1) is 0 Å². The quantitative estimate of drug-likeness (QED) is 0.869. The highest BCUT2D eigenvalue weighted by atomic mass is 19.4. The van der Waals surface area contributed by atoms with Gasteiger partial charge in [0, 0.05) is 12.7 Å². The zero-order valence-corrected chi connectivity index (χ0v) is 11.7. The summed E-state index contributed by atoms with van der Waals surface area (Å²) in [6, 6.07) is 0.902. The van der Waals surface area contributed by atoms with Gasteiger partial charge < -0.3 is 4.90 Å². The summed E-state index contributed by atoms with van der Waals surface area (Å²) in [6.07, 6.45) is 2.52. The normalized spacial score (nSPS) is 19.4. The molecular formula is C13H15F3N6. The molecule has 2 aromatic heterocycles. The molecule has 118 valence electrons. The fraction of sp³-hybridized carbons (Fsp3) is 0.538. The molecule has 3 heterocycles. The molecule has 1 saturated heterocycles. The topological polar surface area (TPSA) is 59.7 Å². The van der Waals surface area contributed by atoms with Crippen molar-refractivity contribution >= 4 is 5.95 Å². The molecule has 1 aliphatic rings. The third-order valence-corrected chi connectivity index (χ3v) is 3.68. The number of aromatic nitrogens is 5. The van der Waals surface area contributed by atoms with Gasteiger partial charge in [0.25, 0.3) is 0 Å². The van der Waals surface area contributed by atoms with E-state index in [0.717, 1.165) is 31.5 Å². The van der Waals surface area contributed by atoms with Crippen LogP contribution >= 0.6 is 0 Å². The van der Waals surface area contributed by atoms with E-state index in [0.29, 0.717) is 13.1 Å². The Bertz CT molecular complexity index is 612. The first-order valence-corrected chi connectivity index (χ1v) is 7.03. The Kier molecular flexibility index (Phi) is 3.95. The van der Waals surface area contributed by atoms with Crippen LogP contribution in [0.3, 0.4) is 0 Å². The molecule has 0 spiro atoms. The first-order chi connectivity index (χ1) is 10.5. The van der Waals surface area contributed by atoms with Crippen LogP contribution in [0.25, 0.3) is 0 Å². The molecule has 0 aliphatic carbocycles. The van der Waals surface area contributed by atoms with Crippen LogP contribution in [0.2, 0.25) is 0 Å². The molecule has 22 heavy (non-hydrogen) atoms. The largest absolute Gasteiger partial charge is 0.433 e. The Morgan fingerprint density at radius 3 is 2.86 bits per heavy atom. The van der Waals surface area contributed by atoms with Crippen molar-refractivity contribution in [3.05, 3.63) is 30.6 Å². The van der Waals surface area contributed by atoms with Crippen molar-refractivity contribution in [3.63, 3.8) is 0 Å². The van der Waals surface area contributed by atoms with Gasteiger partial charge in [-0.05, 0) is 25.3 Å². The summed E-state index contributed by atoms with van der Waals surface area (Å²) in [7, 11) is 0. The predicted molar refractivity (Wildman–Crippen MR) is 72.0 cm³/mol. The van der Waals surface area contributed by atoms with Crippen LogP contribution in [-0.4, -0.2) is 37.3 Å².